The molecule has 0 bridgehead atoms. The molecule has 3 aromatic rings. The molecule has 2 aliphatic rings. The van der Waals surface area contributed by atoms with E-state index in [0.717, 1.165) is 72.6 Å². The number of carbonyl (C=O) groups excluding carboxylic acids is 1. The molecule has 2 saturated heterocycles. The second kappa shape index (κ2) is 9.27. The van der Waals surface area contributed by atoms with Crippen molar-refractivity contribution in [2.45, 2.75) is 62.6 Å². The maximum absolute atomic E-state index is 13.3. The predicted molar refractivity (Wildman–Crippen MR) is 128 cm³/mol. The van der Waals surface area contributed by atoms with Gasteiger partial charge in [-0.25, -0.2) is 0 Å². The zero-order valence-electron chi connectivity index (χ0n) is 18.8. The second-order valence-electron chi connectivity index (χ2n) is 9.07. The lowest BCUT2D eigenvalue weighted by Crippen LogP contribution is -2.35. The summed E-state index contributed by atoms with van der Waals surface area (Å²) in [6.07, 6.45) is 6.51. The van der Waals surface area contributed by atoms with Crippen LogP contribution in [0, 0.1) is 5.92 Å². The molecule has 0 amide bonds. The van der Waals surface area contributed by atoms with Crippen molar-refractivity contribution in [1.82, 2.24) is 19.7 Å². The Morgan fingerprint density at radius 2 is 2.06 bits per heavy atom. The van der Waals surface area contributed by atoms with E-state index in [-0.39, 0.29) is 17.1 Å². The molecule has 170 valence electrons. The van der Waals surface area contributed by atoms with Gasteiger partial charge in [0.15, 0.2) is 10.9 Å². The molecule has 4 heterocycles. The van der Waals surface area contributed by atoms with Crippen molar-refractivity contribution in [3.05, 3.63) is 36.0 Å². The van der Waals surface area contributed by atoms with Crippen LogP contribution in [0.3, 0.4) is 0 Å². The molecule has 0 saturated carbocycles. The first-order valence-electron chi connectivity index (χ1n) is 11.7. The number of Topliss-reactive ketones (excluding diaryl/α,β-unsaturated/α-hetero) is 1. The predicted octanol–water partition coefficient (Wildman–Crippen LogP) is 4.54. The third-order valence-corrected chi connectivity index (χ3v) is 7.76. The summed E-state index contributed by atoms with van der Waals surface area (Å²) >= 11 is 1.50. The van der Waals surface area contributed by atoms with Crippen LogP contribution in [0.15, 0.2) is 35.6 Å². The Labute approximate surface area is 192 Å². The van der Waals surface area contributed by atoms with Gasteiger partial charge >= 0.3 is 0 Å². The number of anilines is 1. The monoisotopic (exact) mass is 453 g/mol. The van der Waals surface area contributed by atoms with Gasteiger partial charge in [0.25, 0.3) is 0 Å². The number of piperidine rings is 1. The molecule has 2 atom stereocenters. The average Bonchev–Trinajstić information content (AvgIpc) is 3.55. The van der Waals surface area contributed by atoms with Crippen LogP contribution in [0.25, 0.3) is 10.9 Å². The number of thioether (sulfide) groups is 1. The van der Waals surface area contributed by atoms with Crippen LogP contribution in [0.4, 0.5) is 5.95 Å². The molecule has 0 aliphatic carbocycles. The standard InChI is InChI=1S/C24H31N5O2S/c1-16-9-11-28(12-10-16)23-26-27-24(29(23)15-18-6-5-13-31-18)32-17(2)22(30)20-14-25-21-8-4-3-7-19(20)21/h3-4,7-8,14,16-18,25H,5-6,9-13,15H2,1-2H3/t17-,18-/m0/s1. The van der Waals surface area contributed by atoms with E-state index in [0.29, 0.717) is 0 Å². The molecule has 2 aliphatic heterocycles. The third kappa shape index (κ3) is 4.30. The quantitative estimate of drug-likeness (QED) is 0.418. The third-order valence-electron chi connectivity index (χ3n) is 6.68. The Kier molecular flexibility index (Phi) is 6.24. The molecular formula is C24H31N5O2S. The Balaban J connectivity index is 1.38. The van der Waals surface area contributed by atoms with E-state index < -0.39 is 0 Å². The van der Waals surface area contributed by atoms with Gasteiger partial charge in [-0.05, 0) is 44.6 Å². The average molecular weight is 454 g/mol. The topological polar surface area (TPSA) is 76.0 Å². The molecular weight excluding hydrogens is 422 g/mol. The molecule has 1 aromatic carbocycles. The van der Waals surface area contributed by atoms with Gasteiger partial charge in [0.1, 0.15) is 0 Å². The van der Waals surface area contributed by atoms with Crippen LogP contribution in [0.2, 0.25) is 0 Å². The number of H-pyrrole nitrogens is 1. The normalized spacial score (nSPS) is 20.8. The van der Waals surface area contributed by atoms with Gasteiger partial charge in [-0.15, -0.1) is 10.2 Å². The number of fused-ring (bicyclic) bond motifs is 1. The van der Waals surface area contributed by atoms with Gasteiger partial charge in [0.05, 0.1) is 17.9 Å². The van der Waals surface area contributed by atoms with E-state index >= 15 is 0 Å². The zero-order valence-corrected chi connectivity index (χ0v) is 19.6. The van der Waals surface area contributed by atoms with Crippen molar-refractivity contribution in [1.29, 1.82) is 0 Å². The summed E-state index contributed by atoms with van der Waals surface area (Å²) in [4.78, 5) is 18.8. The highest BCUT2D eigenvalue weighted by molar-refractivity contribution is 8.00. The number of ether oxygens (including phenoxy) is 1. The number of benzene rings is 1. The van der Waals surface area contributed by atoms with Crippen LogP contribution >= 0.6 is 11.8 Å². The minimum atomic E-state index is -0.268. The summed E-state index contributed by atoms with van der Waals surface area (Å²) in [7, 11) is 0. The van der Waals surface area contributed by atoms with E-state index in [9.17, 15) is 4.79 Å². The highest BCUT2D eigenvalue weighted by Crippen LogP contribution is 2.32. The fraction of sp³-hybridized carbons (Fsp3) is 0.542. The number of para-hydroxylation sites is 1. The lowest BCUT2D eigenvalue weighted by atomic mass is 10.00. The fourth-order valence-electron chi connectivity index (χ4n) is 4.67. The highest BCUT2D eigenvalue weighted by atomic mass is 32.2. The smallest absolute Gasteiger partial charge is 0.228 e. The number of rotatable bonds is 7. The van der Waals surface area contributed by atoms with Gasteiger partial charge < -0.3 is 14.6 Å². The Morgan fingerprint density at radius 3 is 2.84 bits per heavy atom. The summed E-state index contributed by atoms with van der Waals surface area (Å²) in [6, 6.07) is 7.93. The SMILES string of the molecule is CC1CCN(c2nnc(S[C@@H](C)C(=O)c3c[nH]c4ccccc34)n2C[C@@H]2CCCO2)CC1. The number of hydrogen-bond acceptors (Lipinski definition) is 6. The van der Waals surface area contributed by atoms with Gasteiger partial charge in [-0.1, -0.05) is 36.9 Å². The van der Waals surface area contributed by atoms with Crippen molar-refractivity contribution >= 4 is 34.4 Å². The number of hydrogen-bond donors (Lipinski definition) is 1. The molecule has 2 aromatic heterocycles. The molecule has 7 nitrogen and oxygen atoms in total. The number of nitrogens with zero attached hydrogens (tertiary/aromatic N) is 4. The summed E-state index contributed by atoms with van der Waals surface area (Å²) in [5.41, 5.74) is 1.72. The van der Waals surface area contributed by atoms with Crippen LogP contribution in [0.1, 0.15) is 49.9 Å². The van der Waals surface area contributed by atoms with Gasteiger partial charge in [0.2, 0.25) is 5.95 Å². The molecule has 1 N–H and O–H groups in total. The minimum Gasteiger partial charge on any atom is -0.376 e. The molecule has 0 spiro atoms. The van der Waals surface area contributed by atoms with E-state index in [1.165, 1.54) is 24.6 Å². The van der Waals surface area contributed by atoms with Crippen molar-refractivity contribution in [3.63, 3.8) is 0 Å². The number of aromatic nitrogens is 4. The van der Waals surface area contributed by atoms with Crippen LogP contribution in [-0.4, -0.2) is 56.6 Å². The highest BCUT2D eigenvalue weighted by Gasteiger charge is 2.28. The van der Waals surface area contributed by atoms with Crippen LogP contribution in [0.5, 0.6) is 0 Å². The van der Waals surface area contributed by atoms with E-state index in [1.54, 1.807) is 0 Å². The minimum absolute atomic E-state index is 0.104. The summed E-state index contributed by atoms with van der Waals surface area (Å²) in [5, 5.41) is 10.6. The maximum Gasteiger partial charge on any atom is 0.228 e. The largest absolute Gasteiger partial charge is 0.376 e. The van der Waals surface area contributed by atoms with Crippen LogP contribution in [-0.2, 0) is 11.3 Å². The number of nitrogens with one attached hydrogen (secondary N) is 1. The van der Waals surface area contributed by atoms with Crippen molar-refractivity contribution in [3.8, 4) is 0 Å². The summed E-state index contributed by atoms with van der Waals surface area (Å²) in [6.45, 7) is 7.83. The second-order valence-corrected chi connectivity index (χ2v) is 10.4. The molecule has 2 fully saturated rings. The number of aromatic amines is 1. The maximum atomic E-state index is 13.3. The number of ketones is 1. The Morgan fingerprint density at radius 1 is 1.25 bits per heavy atom. The van der Waals surface area contributed by atoms with E-state index in [1.807, 2.05) is 37.4 Å². The molecule has 5 rings (SSSR count). The van der Waals surface area contributed by atoms with Gasteiger partial charge in [0, 0.05) is 42.4 Å². The molecule has 8 heteroatoms. The molecule has 0 unspecified atom stereocenters. The number of carbonyl (C=O) groups is 1. The van der Waals surface area contributed by atoms with E-state index in [4.69, 9.17) is 4.74 Å². The lowest BCUT2D eigenvalue weighted by molar-refractivity contribution is 0.0951. The molecule has 32 heavy (non-hydrogen) atoms. The zero-order chi connectivity index (χ0) is 22.1. The first kappa shape index (κ1) is 21.5. The molecule has 0 radical (unpaired) electrons. The summed E-state index contributed by atoms with van der Waals surface area (Å²) < 4.78 is 8.12. The lowest BCUT2D eigenvalue weighted by Gasteiger charge is -2.31. The first-order valence-corrected chi connectivity index (χ1v) is 12.5. The Bertz CT molecular complexity index is 1080. The van der Waals surface area contributed by atoms with Crippen LogP contribution < -0.4 is 4.90 Å². The van der Waals surface area contributed by atoms with Crippen molar-refractivity contribution in [2.24, 2.45) is 5.92 Å². The Hall–Kier alpha value is -2.32. The fourth-order valence-corrected chi connectivity index (χ4v) is 5.59. The van der Waals surface area contributed by atoms with Crippen molar-refractivity contribution in [2.75, 3.05) is 24.6 Å². The van der Waals surface area contributed by atoms with Gasteiger partial charge in [-0.3, -0.25) is 9.36 Å². The van der Waals surface area contributed by atoms with Gasteiger partial charge in [-0.2, -0.15) is 0 Å². The van der Waals surface area contributed by atoms with E-state index in [2.05, 4.69) is 31.6 Å². The van der Waals surface area contributed by atoms with Crippen molar-refractivity contribution < 1.29 is 9.53 Å². The summed E-state index contributed by atoms with van der Waals surface area (Å²) in [5.74, 6) is 1.78. The first-order chi connectivity index (χ1) is 15.6.